The number of para-hydroxylation sites is 1. The van der Waals surface area contributed by atoms with E-state index in [-0.39, 0.29) is 28.9 Å². The van der Waals surface area contributed by atoms with Crippen molar-refractivity contribution < 1.29 is 23.8 Å². The maximum absolute atomic E-state index is 12.4. The highest BCUT2D eigenvalue weighted by molar-refractivity contribution is 6.29. The van der Waals surface area contributed by atoms with Crippen LogP contribution in [0.1, 0.15) is 20.9 Å². The summed E-state index contributed by atoms with van der Waals surface area (Å²) in [5.41, 5.74) is 0.418. The molecule has 0 saturated carbocycles. The van der Waals surface area contributed by atoms with E-state index >= 15 is 0 Å². The summed E-state index contributed by atoms with van der Waals surface area (Å²) < 4.78 is 10.5. The van der Waals surface area contributed by atoms with E-state index in [9.17, 15) is 9.59 Å². The van der Waals surface area contributed by atoms with Crippen LogP contribution in [-0.2, 0) is 0 Å². The zero-order chi connectivity index (χ0) is 15.0. The van der Waals surface area contributed by atoms with E-state index in [2.05, 4.69) is 0 Å². The smallest absolute Gasteiger partial charge is 0.339 e. The van der Waals surface area contributed by atoms with E-state index in [1.54, 1.807) is 12.1 Å². The lowest BCUT2D eigenvalue weighted by molar-refractivity contribution is 0.0690. The molecule has 0 saturated heterocycles. The topological polar surface area (TPSA) is 80.0 Å². The summed E-state index contributed by atoms with van der Waals surface area (Å²) in [4.78, 5) is 25.0. The Balaban J connectivity index is 2.03. The van der Waals surface area contributed by atoms with E-state index < -0.39 is 11.9 Å². The van der Waals surface area contributed by atoms with Gasteiger partial charge in [0.1, 0.15) is 12.2 Å². The third-order valence-corrected chi connectivity index (χ3v) is 3.31. The molecule has 0 atom stereocenters. The number of carbonyl (C=O) groups excluding carboxylic acids is 1. The lowest BCUT2D eigenvalue weighted by atomic mass is 10.1. The van der Waals surface area contributed by atoms with E-state index in [1.807, 2.05) is 0 Å². The number of hydrogen-bond acceptors (Lipinski definition) is 4. The molecule has 0 radical (unpaired) electrons. The first kappa shape index (κ1) is 13.5. The summed E-state index contributed by atoms with van der Waals surface area (Å²) in [7, 11) is 0. The number of carbonyl (C=O) groups is 2. The van der Waals surface area contributed by atoms with Gasteiger partial charge in [-0.25, -0.2) is 4.79 Å². The number of amides is 1. The molecule has 108 valence electrons. The third kappa shape index (κ3) is 2.34. The lowest BCUT2D eigenvalue weighted by Gasteiger charge is -2.29. The van der Waals surface area contributed by atoms with Gasteiger partial charge in [-0.1, -0.05) is 6.07 Å². The molecular weight excluding hydrogens is 298 g/mol. The fourth-order valence-corrected chi connectivity index (χ4v) is 2.34. The summed E-state index contributed by atoms with van der Waals surface area (Å²) in [6, 6.07) is 7.57. The highest BCUT2D eigenvalue weighted by atomic mass is 35.5. The molecule has 3 rings (SSSR count). The van der Waals surface area contributed by atoms with Crippen molar-refractivity contribution in [3.05, 3.63) is 46.9 Å². The SMILES string of the molecule is O=C(O)c1cccc2c1OCCN2C(=O)c1ccc(Cl)o1. The fraction of sp³-hybridized carbons (Fsp3) is 0.143. The van der Waals surface area contributed by atoms with Crippen molar-refractivity contribution >= 4 is 29.2 Å². The van der Waals surface area contributed by atoms with Gasteiger partial charge in [0, 0.05) is 0 Å². The second-order valence-electron chi connectivity index (χ2n) is 4.37. The van der Waals surface area contributed by atoms with Gasteiger partial charge in [0.15, 0.2) is 16.7 Å². The van der Waals surface area contributed by atoms with Gasteiger partial charge < -0.3 is 14.3 Å². The van der Waals surface area contributed by atoms with Gasteiger partial charge in [0.25, 0.3) is 5.91 Å². The first-order valence-corrected chi connectivity index (χ1v) is 6.52. The predicted octanol–water partition coefficient (Wildman–Crippen LogP) is 2.67. The van der Waals surface area contributed by atoms with Gasteiger partial charge in [0.2, 0.25) is 0 Å². The number of benzene rings is 1. The van der Waals surface area contributed by atoms with E-state index in [0.29, 0.717) is 12.2 Å². The van der Waals surface area contributed by atoms with Gasteiger partial charge in [-0.15, -0.1) is 0 Å². The molecule has 6 nitrogen and oxygen atoms in total. The molecule has 1 N–H and O–H groups in total. The number of fused-ring (bicyclic) bond motifs is 1. The number of rotatable bonds is 2. The monoisotopic (exact) mass is 307 g/mol. The second kappa shape index (κ2) is 5.14. The van der Waals surface area contributed by atoms with Gasteiger partial charge >= 0.3 is 5.97 Å². The standard InChI is InChI=1S/C14H10ClNO5/c15-11-5-4-10(21-11)13(17)16-6-7-20-12-8(14(18)19)2-1-3-9(12)16/h1-5H,6-7H2,(H,18,19). The predicted molar refractivity (Wildman–Crippen MR) is 74.3 cm³/mol. The van der Waals surface area contributed by atoms with Crippen LogP contribution in [0.25, 0.3) is 0 Å². The number of hydrogen-bond donors (Lipinski definition) is 1. The Morgan fingerprint density at radius 3 is 2.71 bits per heavy atom. The summed E-state index contributed by atoms with van der Waals surface area (Å²) >= 11 is 5.67. The number of aromatic carboxylic acids is 1. The van der Waals surface area contributed by atoms with Crippen molar-refractivity contribution in [1.82, 2.24) is 0 Å². The molecule has 2 aromatic rings. The Morgan fingerprint density at radius 2 is 2.05 bits per heavy atom. The molecule has 0 bridgehead atoms. The maximum Gasteiger partial charge on any atom is 0.339 e. The van der Waals surface area contributed by atoms with Gasteiger partial charge in [-0.2, -0.15) is 0 Å². The zero-order valence-electron chi connectivity index (χ0n) is 10.7. The van der Waals surface area contributed by atoms with Crippen molar-refractivity contribution in [3.63, 3.8) is 0 Å². The summed E-state index contributed by atoms with van der Waals surface area (Å²) in [5.74, 6) is -1.23. The van der Waals surface area contributed by atoms with Gasteiger partial charge in [0.05, 0.1) is 12.2 Å². The van der Waals surface area contributed by atoms with Crippen LogP contribution >= 0.6 is 11.6 Å². The molecule has 0 spiro atoms. The second-order valence-corrected chi connectivity index (χ2v) is 4.74. The van der Waals surface area contributed by atoms with Crippen LogP contribution in [0.2, 0.25) is 5.22 Å². The van der Waals surface area contributed by atoms with Crippen LogP contribution in [0.4, 0.5) is 5.69 Å². The van der Waals surface area contributed by atoms with Crippen molar-refractivity contribution in [2.45, 2.75) is 0 Å². The Morgan fingerprint density at radius 1 is 1.24 bits per heavy atom. The number of furan rings is 1. The van der Waals surface area contributed by atoms with Crippen LogP contribution in [0.3, 0.4) is 0 Å². The zero-order valence-corrected chi connectivity index (χ0v) is 11.5. The number of nitrogens with zero attached hydrogens (tertiary/aromatic N) is 1. The molecule has 2 heterocycles. The molecule has 1 aromatic heterocycles. The Bertz CT molecular complexity index is 724. The largest absolute Gasteiger partial charge is 0.489 e. The van der Waals surface area contributed by atoms with Crippen LogP contribution < -0.4 is 9.64 Å². The molecule has 1 aliphatic heterocycles. The van der Waals surface area contributed by atoms with Crippen LogP contribution in [-0.4, -0.2) is 30.1 Å². The molecule has 1 amide bonds. The van der Waals surface area contributed by atoms with Crippen molar-refractivity contribution in [1.29, 1.82) is 0 Å². The van der Waals surface area contributed by atoms with Crippen molar-refractivity contribution in [3.8, 4) is 5.75 Å². The molecule has 21 heavy (non-hydrogen) atoms. The lowest BCUT2D eigenvalue weighted by Crippen LogP contribution is -2.38. The average molecular weight is 308 g/mol. The Hall–Kier alpha value is -2.47. The first-order valence-electron chi connectivity index (χ1n) is 6.14. The minimum atomic E-state index is -1.11. The summed E-state index contributed by atoms with van der Waals surface area (Å²) in [5, 5.41) is 9.28. The molecule has 7 heteroatoms. The van der Waals surface area contributed by atoms with Crippen LogP contribution in [0.15, 0.2) is 34.7 Å². The third-order valence-electron chi connectivity index (χ3n) is 3.11. The molecule has 0 unspecified atom stereocenters. The maximum atomic E-state index is 12.4. The highest BCUT2D eigenvalue weighted by Gasteiger charge is 2.29. The molecule has 1 aliphatic rings. The normalized spacial score (nSPS) is 13.5. The van der Waals surface area contributed by atoms with E-state index in [1.165, 1.54) is 23.1 Å². The average Bonchev–Trinajstić information content (AvgIpc) is 2.91. The molecule has 1 aromatic carbocycles. The highest BCUT2D eigenvalue weighted by Crippen LogP contribution is 2.36. The first-order chi connectivity index (χ1) is 10.1. The number of anilines is 1. The minimum absolute atomic E-state index is 0.0162. The van der Waals surface area contributed by atoms with Crippen LogP contribution in [0.5, 0.6) is 5.75 Å². The Labute approximate surface area is 124 Å². The Kier molecular flexibility index (Phi) is 3.31. The van der Waals surface area contributed by atoms with Crippen molar-refractivity contribution in [2.24, 2.45) is 0 Å². The number of halogens is 1. The minimum Gasteiger partial charge on any atom is -0.489 e. The van der Waals surface area contributed by atoms with Gasteiger partial charge in [-0.05, 0) is 35.9 Å². The summed E-state index contributed by atoms with van der Waals surface area (Å²) in [6.45, 7) is 0.505. The quantitative estimate of drug-likeness (QED) is 0.922. The van der Waals surface area contributed by atoms with Crippen LogP contribution in [0, 0.1) is 0 Å². The number of carboxylic acids is 1. The fourth-order valence-electron chi connectivity index (χ4n) is 2.19. The van der Waals surface area contributed by atoms with E-state index in [4.69, 9.17) is 25.9 Å². The molecular formula is C14H10ClNO5. The number of ether oxygens (including phenoxy) is 1. The van der Waals surface area contributed by atoms with E-state index in [0.717, 1.165) is 0 Å². The summed E-state index contributed by atoms with van der Waals surface area (Å²) in [6.07, 6.45) is 0. The van der Waals surface area contributed by atoms with Crippen molar-refractivity contribution in [2.75, 3.05) is 18.1 Å². The molecule has 0 aliphatic carbocycles. The number of carboxylic acid groups (broad SMARTS) is 1. The van der Waals surface area contributed by atoms with Gasteiger partial charge in [-0.3, -0.25) is 9.69 Å². The molecule has 0 fully saturated rings.